The Balaban J connectivity index is 1.82. The topological polar surface area (TPSA) is 71.1 Å². The van der Waals surface area contributed by atoms with Gasteiger partial charge in [0.05, 0.1) is 23.7 Å². The van der Waals surface area contributed by atoms with Crippen LogP contribution in [0.3, 0.4) is 0 Å². The number of hydrogen-bond acceptors (Lipinski definition) is 3. The molecule has 0 spiro atoms. The van der Waals surface area contributed by atoms with Crippen molar-refractivity contribution in [1.29, 1.82) is 0 Å². The van der Waals surface area contributed by atoms with Crippen LogP contribution in [0.4, 0.5) is 10.1 Å². The van der Waals surface area contributed by atoms with E-state index in [2.05, 4.69) is 15.6 Å². The fraction of sp³-hybridized carbons (Fsp3) is 0.190. The zero-order valence-corrected chi connectivity index (χ0v) is 15.1. The lowest BCUT2D eigenvalue weighted by molar-refractivity contribution is -0.120. The summed E-state index contributed by atoms with van der Waals surface area (Å²) in [5.41, 5.74) is 2.99. The predicted octanol–water partition coefficient (Wildman–Crippen LogP) is 3.89. The number of amides is 2. The SMILES string of the molecule is CC(=O)N[C@H](CC(=O)Nc1cc(C)cc2cccnc12)c1ccc(F)cc1. The molecule has 0 aliphatic carbocycles. The molecule has 1 atom stereocenters. The molecule has 0 radical (unpaired) electrons. The number of rotatable bonds is 5. The molecular formula is C21H20FN3O2. The molecule has 1 heterocycles. The van der Waals surface area contributed by atoms with Gasteiger partial charge in [0.15, 0.2) is 0 Å². The van der Waals surface area contributed by atoms with E-state index in [0.717, 1.165) is 10.9 Å². The number of benzene rings is 2. The number of fused-ring (bicyclic) bond motifs is 1. The van der Waals surface area contributed by atoms with Crippen LogP contribution in [0.25, 0.3) is 10.9 Å². The lowest BCUT2D eigenvalue weighted by Crippen LogP contribution is -2.29. The standard InChI is InChI=1S/C21H20FN3O2/c1-13-10-16-4-3-9-23-21(16)19(11-13)25-20(27)12-18(24-14(2)26)15-5-7-17(22)8-6-15/h3-11,18H,12H2,1-2H3,(H,24,26)(H,25,27)/t18-/m1/s1. The molecule has 3 rings (SSSR count). The lowest BCUT2D eigenvalue weighted by Gasteiger charge is -2.18. The maximum atomic E-state index is 13.2. The third kappa shape index (κ3) is 4.67. The third-order valence-corrected chi connectivity index (χ3v) is 4.16. The highest BCUT2D eigenvalue weighted by molar-refractivity contribution is 6.00. The van der Waals surface area contributed by atoms with E-state index in [1.54, 1.807) is 18.3 Å². The number of nitrogens with one attached hydrogen (secondary N) is 2. The minimum atomic E-state index is -0.549. The molecule has 2 N–H and O–H groups in total. The molecule has 3 aromatic rings. The summed E-state index contributed by atoms with van der Waals surface area (Å²) in [6, 6.07) is 12.8. The Bertz CT molecular complexity index is 986. The van der Waals surface area contributed by atoms with Gasteiger partial charge < -0.3 is 10.6 Å². The van der Waals surface area contributed by atoms with E-state index in [4.69, 9.17) is 0 Å². The van der Waals surface area contributed by atoms with Crippen LogP contribution in [0.15, 0.2) is 54.7 Å². The van der Waals surface area contributed by atoms with Crippen molar-refractivity contribution in [3.05, 3.63) is 71.7 Å². The molecule has 0 aliphatic rings. The molecule has 0 fully saturated rings. The summed E-state index contributed by atoms with van der Waals surface area (Å²) in [4.78, 5) is 28.5. The number of nitrogens with zero attached hydrogens (tertiary/aromatic N) is 1. The van der Waals surface area contributed by atoms with Gasteiger partial charge in [-0.1, -0.05) is 18.2 Å². The van der Waals surface area contributed by atoms with Crippen molar-refractivity contribution in [2.24, 2.45) is 0 Å². The number of hydrogen-bond donors (Lipinski definition) is 2. The van der Waals surface area contributed by atoms with Crippen LogP contribution in [0.5, 0.6) is 0 Å². The van der Waals surface area contributed by atoms with E-state index < -0.39 is 6.04 Å². The van der Waals surface area contributed by atoms with Gasteiger partial charge in [0.2, 0.25) is 11.8 Å². The van der Waals surface area contributed by atoms with E-state index in [0.29, 0.717) is 16.8 Å². The Morgan fingerprint density at radius 3 is 2.59 bits per heavy atom. The van der Waals surface area contributed by atoms with Gasteiger partial charge in [-0.15, -0.1) is 0 Å². The number of aromatic nitrogens is 1. The van der Waals surface area contributed by atoms with Crippen LogP contribution < -0.4 is 10.6 Å². The van der Waals surface area contributed by atoms with Crippen LogP contribution in [0.2, 0.25) is 0 Å². The summed E-state index contributed by atoms with van der Waals surface area (Å²) >= 11 is 0. The van der Waals surface area contributed by atoms with E-state index in [1.807, 2.05) is 31.2 Å². The molecule has 138 valence electrons. The van der Waals surface area contributed by atoms with Crippen molar-refractivity contribution < 1.29 is 14.0 Å². The summed E-state index contributed by atoms with van der Waals surface area (Å²) < 4.78 is 13.2. The molecule has 27 heavy (non-hydrogen) atoms. The predicted molar refractivity (Wildman–Crippen MR) is 103 cm³/mol. The number of pyridine rings is 1. The minimum absolute atomic E-state index is 0.0213. The summed E-state index contributed by atoms with van der Waals surface area (Å²) in [5, 5.41) is 6.56. The first kappa shape index (κ1) is 18.5. The van der Waals surface area contributed by atoms with E-state index in [1.165, 1.54) is 19.1 Å². The summed E-state index contributed by atoms with van der Waals surface area (Å²) in [6.45, 7) is 3.33. The molecule has 2 amide bonds. The maximum Gasteiger partial charge on any atom is 0.226 e. The number of halogens is 1. The largest absolute Gasteiger partial charge is 0.349 e. The van der Waals surface area contributed by atoms with Gasteiger partial charge in [0, 0.05) is 18.5 Å². The number of carbonyl (C=O) groups is 2. The van der Waals surface area contributed by atoms with Crippen LogP contribution in [-0.4, -0.2) is 16.8 Å². The number of carbonyl (C=O) groups excluding carboxylic acids is 2. The Morgan fingerprint density at radius 1 is 1.15 bits per heavy atom. The van der Waals surface area contributed by atoms with Crippen LogP contribution in [0, 0.1) is 12.7 Å². The minimum Gasteiger partial charge on any atom is -0.349 e. The third-order valence-electron chi connectivity index (χ3n) is 4.16. The van der Waals surface area contributed by atoms with E-state index in [-0.39, 0.29) is 24.1 Å². The molecule has 6 heteroatoms. The molecule has 5 nitrogen and oxygen atoms in total. The van der Waals surface area contributed by atoms with E-state index in [9.17, 15) is 14.0 Å². The normalized spacial score (nSPS) is 11.8. The summed E-state index contributed by atoms with van der Waals surface area (Å²) in [7, 11) is 0. The maximum absolute atomic E-state index is 13.2. The Hall–Kier alpha value is -3.28. The Labute approximate surface area is 156 Å². The zero-order valence-electron chi connectivity index (χ0n) is 15.1. The second kappa shape index (κ2) is 7.95. The summed E-state index contributed by atoms with van der Waals surface area (Å²) in [6.07, 6.45) is 1.69. The average Bonchev–Trinajstić information content (AvgIpc) is 2.61. The zero-order chi connectivity index (χ0) is 19.4. The van der Waals surface area contributed by atoms with Gasteiger partial charge >= 0.3 is 0 Å². The van der Waals surface area contributed by atoms with Crippen LogP contribution in [0.1, 0.15) is 30.5 Å². The highest BCUT2D eigenvalue weighted by Gasteiger charge is 2.18. The first-order chi connectivity index (χ1) is 12.9. The van der Waals surface area contributed by atoms with Crippen molar-refractivity contribution >= 4 is 28.4 Å². The average molecular weight is 365 g/mol. The van der Waals surface area contributed by atoms with Gasteiger partial charge in [-0.3, -0.25) is 14.6 Å². The van der Waals surface area contributed by atoms with Crippen LogP contribution >= 0.6 is 0 Å². The molecule has 0 saturated carbocycles. The second-order valence-corrected chi connectivity index (χ2v) is 6.44. The summed E-state index contributed by atoms with van der Waals surface area (Å²) in [5.74, 6) is -0.905. The van der Waals surface area contributed by atoms with E-state index >= 15 is 0 Å². The second-order valence-electron chi connectivity index (χ2n) is 6.44. The molecule has 0 saturated heterocycles. The highest BCUT2D eigenvalue weighted by Crippen LogP contribution is 2.24. The Kier molecular flexibility index (Phi) is 5.45. The highest BCUT2D eigenvalue weighted by atomic mass is 19.1. The first-order valence-electron chi connectivity index (χ1n) is 8.60. The molecule has 0 bridgehead atoms. The fourth-order valence-electron chi connectivity index (χ4n) is 3.02. The lowest BCUT2D eigenvalue weighted by atomic mass is 10.0. The Morgan fingerprint density at radius 2 is 1.89 bits per heavy atom. The quantitative estimate of drug-likeness (QED) is 0.721. The fourth-order valence-corrected chi connectivity index (χ4v) is 3.02. The van der Waals surface area contributed by atoms with Crippen molar-refractivity contribution in [3.63, 3.8) is 0 Å². The molecule has 1 aromatic heterocycles. The molecule has 0 unspecified atom stereocenters. The van der Waals surface area contributed by atoms with Crippen molar-refractivity contribution in [3.8, 4) is 0 Å². The monoisotopic (exact) mass is 365 g/mol. The van der Waals surface area contributed by atoms with Crippen molar-refractivity contribution in [2.75, 3.05) is 5.32 Å². The van der Waals surface area contributed by atoms with Gasteiger partial charge in [0.25, 0.3) is 0 Å². The first-order valence-corrected chi connectivity index (χ1v) is 8.60. The van der Waals surface area contributed by atoms with Crippen molar-refractivity contribution in [2.45, 2.75) is 26.3 Å². The van der Waals surface area contributed by atoms with Crippen molar-refractivity contribution in [1.82, 2.24) is 10.3 Å². The van der Waals surface area contributed by atoms with Gasteiger partial charge in [-0.2, -0.15) is 0 Å². The van der Waals surface area contributed by atoms with Gasteiger partial charge in [-0.05, 0) is 48.4 Å². The number of aryl methyl sites for hydroxylation is 1. The van der Waals surface area contributed by atoms with Gasteiger partial charge in [0.1, 0.15) is 5.82 Å². The molecular weight excluding hydrogens is 345 g/mol. The molecule has 2 aromatic carbocycles. The van der Waals surface area contributed by atoms with Gasteiger partial charge in [-0.25, -0.2) is 4.39 Å². The molecule has 0 aliphatic heterocycles. The van der Waals surface area contributed by atoms with Crippen LogP contribution in [-0.2, 0) is 9.59 Å². The smallest absolute Gasteiger partial charge is 0.226 e. The number of anilines is 1.